The summed E-state index contributed by atoms with van der Waals surface area (Å²) in [6.45, 7) is 3.63. The van der Waals surface area contributed by atoms with E-state index in [1.54, 1.807) is 19.1 Å². The first-order valence-electron chi connectivity index (χ1n) is 9.40. The molecule has 0 fully saturated rings. The summed E-state index contributed by atoms with van der Waals surface area (Å²) in [6, 6.07) is 14.2. The van der Waals surface area contributed by atoms with Gasteiger partial charge in [0, 0.05) is 35.1 Å². The third kappa shape index (κ3) is 4.04. The number of carbonyl (C=O) groups is 1. The Balaban J connectivity index is 1.76. The van der Waals surface area contributed by atoms with Crippen LogP contribution < -0.4 is 10.5 Å². The Morgan fingerprint density at radius 1 is 1.13 bits per heavy atom. The molecule has 0 aliphatic carbocycles. The Kier molecular flexibility index (Phi) is 5.04. The fraction of sp³-hybridized carbons (Fsp3) is 0.143. The first kappa shape index (κ1) is 20.0. The number of hydrogen-bond donors (Lipinski definition) is 1. The van der Waals surface area contributed by atoms with Crippen molar-refractivity contribution in [3.05, 3.63) is 97.7 Å². The number of rotatable bonds is 5. The summed E-state index contributed by atoms with van der Waals surface area (Å²) in [4.78, 5) is 46.1. The van der Waals surface area contributed by atoms with E-state index in [2.05, 4.69) is 15.1 Å². The minimum absolute atomic E-state index is 0.00638. The predicted molar refractivity (Wildman–Crippen MR) is 113 cm³/mol. The van der Waals surface area contributed by atoms with E-state index in [1.165, 1.54) is 39.7 Å². The van der Waals surface area contributed by atoms with Crippen LogP contribution in [0.2, 0.25) is 0 Å². The average molecular weight is 418 g/mol. The zero-order valence-corrected chi connectivity index (χ0v) is 16.8. The van der Waals surface area contributed by atoms with Crippen molar-refractivity contribution in [1.82, 2.24) is 19.6 Å². The van der Waals surface area contributed by atoms with Gasteiger partial charge in [-0.25, -0.2) is 4.98 Å². The van der Waals surface area contributed by atoms with Crippen molar-refractivity contribution < 1.29 is 9.72 Å². The minimum atomic E-state index is -0.549. The van der Waals surface area contributed by atoms with Crippen molar-refractivity contribution in [2.24, 2.45) is 0 Å². The van der Waals surface area contributed by atoms with E-state index in [4.69, 9.17) is 0 Å². The number of anilines is 1. The van der Waals surface area contributed by atoms with Crippen LogP contribution in [0.25, 0.3) is 5.78 Å². The number of aryl methyl sites for hydroxylation is 2. The maximum absolute atomic E-state index is 13.3. The van der Waals surface area contributed by atoms with Crippen molar-refractivity contribution in [2.45, 2.75) is 20.4 Å². The Morgan fingerprint density at radius 2 is 1.87 bits per heavy atom. The Labute approximate surface area is 175 Å². The van der Waals surface area contributed by atoms with Crippen LogP contribution in [0.4, 0.5) is 11.4 Å². The number of nitrogens with one attached hydrogen (secondary N) is 1. The number of non-ortho nitro benzene ring substituents is 1. The molecule has 31 heavy (non-hydrogen) atoms. The van der Waals surface area contributed by atoms with Gasteiger partial charge in [0.05, 0.1) is 11.5 Å². The maximum Gasteiger partial charge on any atom is 0.274 e. The van der Waals surface area contributed by atoms with Crippen molar-refractivity contribution in [2.75, 3.05) is 4.90 Å². The summed E-state index contributed by atoms with van der Waals surface area (Å²) in [5, 5.41) is 14.0. The number of nitrogens with zero attached hydrogens (tertiary/aromatic N) is 5. The van der Waals surface area contributed by atoms with Gasteiger partial charge in [-0.1, -0.05) is 23.8 Å². The zero-order chi connectivity index (χ0) is 22.1. The maximum atomic E-state index is 13.3. The lowest BCUT2D eigenvalue weighted by molar-refractivity contribution is -0.384. The Bertz CT molecular complexity index is 1360. The summed E-state index contributed by atoms with van der Waals surface area (Å²) >= 11 is 0. The second-order valence-electron chi connectivity index (χ2n) is 7.08. The minimum Gasteiger partial charge on any atom is -0.301 e. The molecular weight excluding hydrogens is 400 g/mol. The SMILES string of the molecule is Cc1ccc(N(Cc2nc3nc(C)cc(=O)n3[nH]2)C(=O)c2cccc([N+](=O)[O-])c2)cc1. The van der Waals surface area contributed by atoms with Crippen molar-refractivity contribution in [3.8, 4) is 0 Å². The second-order valence-corrected chi connectivity index (χ2v) is 7.08. The third-order valence-corrected chi connectivity index (χ3v) is 4.71. The van der Waals surface area contributed by atoms with Gasteiger partial charge in [0.1, 0.15) is 5.82 Å². The van der Waals surface area contributed by atoms with Crippen LogP contribution in [0.3, 0.4) is 0 Å². The van der Waals surface area contributed by atoms with Crippen LogP contribution in [0.15, 0.2) is 59.4 Å². The summed E-state index contributed by atoms with van der Waals surface area (Å²) < 4.78 is 1.20. The zero-order valence-electron chi connectivity index (χ0n) is 16.8. The largest absolute Gasteiger partial charge is 0.301 e. The first-order valence-corrected chi connectivity index (χ1v) is 9.40. The van der Waals surface area contributed by atoms with Gasteiger partial charge in [-0.15, -0.1) is 0 Å². The number of benzene rings is 2. The summed E-state index contributed by atoms with van der Waals surface area (Å²) in [7, 11) is 0. The monoisotopic (exact) mass is 418 g/mol. The first-order chi connectivity index (χ1) is 14.8. The predicted octanol–water partition coefficient (Wildman–Crippen LogP) is 2.79. The molecule has 156 valence electrons. The number of nitro groups is 1. The smallest absolute Gasteiger partial charge is 0.274 e. The van der Waals surface area contributed by atoms with E-state index in [1.807, 2.05) is 19.1 Å². The molecule has 0 spiro atoms. The highest BCUT2D eigenvalue weighted by molar-refractivity contribution is 6.06. The van der Waals surface area contributed by atoms with E-state index < -0.39 is 10.8 Å². The van der Waals surface area contributed by atoms with Crippen LogP contribution in [-0.2, 0) is 6.54 Å². The molecule has 4 aromatic rings. The van der Waals surface area contributed by atoms with Gasteiger partial charge in [0.25, 0.3) is 22.9 Å². The van der Waals surface area contributed by atoms with Gasteiger partial charge in [-0.2, -0.15) is 9.50 Å². The number of H-pyrrole nitrogens is 1. The van der Waals surface area contributed by atoms with Gasteiger partial charge >= 0.3 is 0 Å². The molecule has 0 aliphatic heterocycles. The number of hydrogen-bond acceptors (Lipinski definition) is 6. The molecule has 0 bridgehead atoms. The Hall–Kier alpha value is -4.34. The molecule has 10 heteroatoms. The molecule has 2 aromatic heterocycles. The van der Waals surface area contributed by atoms with Crippen LogP contribution >= 0.6 is 0 Å². The van der Waals surface area contributed by atoms with Crippen LogP contribution in [0.1, 0.15) is 27.4 Å². The van der Waals surface area contributed by atoms with Gasteiger partial charge in [0.15, 0.2) is 0 Å². The van der Waals surface area contributed by atoms with E-state index in [0.717, 1.165) is 5.56 Å². The average Bonchev–Trinajstić information content (AvgIpc) is 3.15. The van der Waals surface area contributed by atoms with E-state index in [0.29, 0.717) is 17.2 Å². The van der Waals surface area contributed by atoms with Gasteiger partial charge in [-0.3, -0.25) is 24.8 Å². The normalized spacial score (nSPS) is 10.9. The summed E-state index contributed by atoms with van der Waals surface area (Å²) in [5.74, 6) is 0.103. The van der Waals surface area contributed by atoms with Gasteiger partial charge in [0.2, 0.25) is 0 Å². The number of fused-ring (bicyclic) bond motifs is 1. The Morgan fingerprint density at radius 3 is 2.58 bits per heavy atom. The molecule has 0 saturated heterocycles. The lowest BCUT2D eigenvalue weighted by Gasteiger charge is -2.22. The molecule has 1 N–H and O–H groups in total. The molecular formula is C21H18N6O4. The van der Waals surface area contributed by atoms with Crippen LogP contribution in [-0.4, -0.2) is 30.4 Å². The second kappa shape index (κ2) is 7.82. The highest BCUT2D eigenvalue weighted by Gasteiger charge is 2.22. The fourth-order valence-electron chi connectivity index (χ4n) is 3.17. The van der Waals surface area contributed by atoms with Gasteiger partial charge in [-0.05, 0) is 32.0 Å². The molecule has 0 aliphatic rings. The van der Waals surface area contributed by atoms with Crippen LogP contribution in [0, 0.1) is 24.0 Å². The topological polar surface area (TPSA) is 126 Å². The highest BCUT2D eigenvalue weighted by atomic mass is 16.6. The lowest BCUT2D eigenvalue weighted by Crippen LogP contribution is -2.31. The fourth-order valence-corrected chi connectivity index (χ4v) is 3.17. The molecule has 0 radical (unpaired) electrons. The number of carbonyl (C=O) groups excluding carboxylic acids is 1. The molecule has 1 amide bonds. The lowest BCUT2D eigenvalue weighted by atomic mass is 10.1. The van der Waals surface area contributed by atoms with E-state index in [9.17, 15) is 19.7 Å². The molecule has 4 rings (SSSR count). The number of amides is 1. The van der Waals surface area contributed by atoms with Gasteiger partial charge < -0.3 is 4.90 Å². The standard InChI is InChI=1S/C21H18N6O4/c1-13-6-8-16(9-7-13)25(20(29)15-4-3-5-17(11-15)27(30)31)12-18-23-21-22-14(2)10-19(28)26(21)24-18/h3-11H,12H2,1-2H3,(H,22,23,24). The van der Waals surface area contributed by atoms with Crippen molar-refractivity contribution in [3.63, 3.8) is 0 Å². The molecule has 0 atom stereocenters. The number of nitro benzene ring substituents is 1. The van der Waals surface area contributed by atoms with Crippen molar-refractivity contribution >= 4 is 23.1 Å². The highest BCUT2D eigenvalue weighted by Crippen LogP contribution is 2.22. The molecule has 2 aromatic carbocycles. The van der Waals surface area contributed by atoms with Crippen LogP contribution in [0.5, 0.6) is 0 Å². The van der Waals surface area contributed by atoms with E-state index >= 15 is 0 Å². The molecule has 0 saturated carbocycles. The third-order valence-electron chi connectivity index (χ3n) is 4.71. The summed E-state index contributed by atoms with van der Waals surface area (Å²) in [5.41, 5.74) is 1.81. The molecule has 0 unspecified atom stereocenters. The quantitative estimate of drug-likeness (QED) is 0.392. The van der Waals surface area contributed by atoms with E-state index in [-0.39, 0.29) is 29.1 Å². The summed E-state index contributed by atoms with van der Waals surface area (Å²) in [6.07, 6.45) is 0. The van der Waals surface area contributed by atoms with Crippen molar-refractivity contribution in [1.29, 1.82) is 0 Å². The number of aromatic nitrogens is 4. The molecule has 2 heterocycles. The molecule has 10 nitrogen and oxygen atoms in total. The number of aromatic amines is 1.